The molecule has 3 aliphatic rings. The van der Waals surface area contributed by atoms with Crippen LogP contribution in [0.4, 0.5) is 21.9 Å². The van der Waals surface area contributed by atoms with Crippen LogP contribution in [0.1, 0.15) is 101 Å². The molecular formula is C38H45N9O10. The van der Waals surface area contributed by atoms with Crippen molar-refractivity contribution >= 4 is 58.5 Å². The fourth-order valence-corrected chi connectivity index (χ4v) is 6.48. The third-order valence-corrected chi connectivity index (χ3v) is 10.0. The van der Waals surface area contributed by atoms with Crippen LogP contribution in [0, 0.1) is 0 Å². The molecule has 19 heteroatoms. The summed E-state index contributed by atoms with van der Waals surface area (Å²) in [5, 5.41) is 17.8. The van der Waals surface area contributed by atoms with Crippen molar-refractivity contribution in [2.45, 2.75) is 71.9 Å². The van der Waals surface area contributed by atoms with Gasteiger partial charge in [-0.3, -0.25) is 62.3 Å². The lowest BCUT2D eigenvalue weighted by molar-refractivity contribution is -0.140. The summed E-state index contributed by atoms with van der Waals surface area (Å²) in [5.74, 6) is -2.86. The van der Waals surface area contributed by atoms with Crippen molar-refractivity contribution < 1.29 is 38.7 Å². The van der Waals surface area contributed by atoms with Crippen molar-refractivity contribution in [3.63, 3.8) is 0 Å². The summed E-state index contributed by atoms with van der Waals surface area (Å²) in [6, 6.07) is 8.78. The van der Waals surface area contributed by atoms with Crippen molar-refractivity contribution in [2.75, 3.05) is 19.8 Å². The smallest absolute Gasteiger partial charge is 0.333 e. The second kappa shape index (κ2) is 17.3. The fraction of sp³-hybridized carbons (Fsp3) is 0.395. The van der Waals surface area contributed by atoms with Crippen molar-refractivity contribution in [1.82, 2.24) is 28.7 Å². The molecule has 57 heavy (non-hydrogen) atoms. The Morgan fingerprint density at radius 2 is 1.09 bits per heavy atom. The molecule has 302 valence electrons. The van der Waals surface area contributed by atoms with Gasteiger partial charge in [0.25, 0.3) is 29.2 Å². The van der Waals surface area contributed by atoms with Gasteiger partial charge in [-0.25, -0.2) is 9.59 Å². The number of hydrogen-bond acceptors (Lipinski definition) is 13. The Kier molecular flexibility index (Phi) is 13.1. The normalized spacial score (nSPS) is 15.2. The third kappa shape index (κ3) is 7.85. The minimum Gasteiger partial charge on any atom is -0.493 e. The maximum atomic E-state index is 12.9. The van der Waals surface area contributed by atoms with E-state index in [1.165, 1.54) is 44.1 Å². The predicted octanol–water partition coefficient (Wildman–Crippen LogP) is 3.47. The van der Waals surface area contributed by atoms with Crippen molar-refractivity contribution in [1.29, 1.82) is 0 Å². The van der Waals surface area contributed by atoms with Crippen LogP contribution >= 0.6 is 0 Å². The van der Waals surface area contributed by atoms with Crippen LogP contribution in [0.2, 0.25) is 0 Å². The number of urea groups is 1. The highest BCUT2D eigenvalue weighted by atomic mass is 16.3. The lowest BCUT2D eigenvalue weighted by Crippen LogP contribution is -2.51. The van der Waals surface area contributed by atoms with E-state index < -0.39 is 52.5 Å². The zero-order valence-electron chi connectivity index (χ0n) is 32.9. The van der Waals surface area contributed by atoms with Crippen LogP contribution in [-0.2, 0) is 23.7 Å². The van der Waals surface area contributed by atoms with E-state index >= 15 is 0 Å². The number of azo groups is 1. The Balaban J connectivity index is 0.000000216. The van der Waals surface area contributed by atoms with E-state index in [2.05, 4.69) is 10.2 Å². The number of imide groups is 4. The monoisotopic (exact) mass is 787 g/mol. The van der Waals surface area contributed by atoms with E-state index in [1.807, 2.05) is 27.7 Å². The summed E-state index contributed by atoms with van der Waals surface area (Å²) in [7, 11) is 5.24. The molecule has 4 heterocycles. The number of carbonyl (C=O) groups excluding carboxylic acids is 7. The molecule has 8 amide bonds. The van der Waals surface area contributed by atoms with Gasteiger partial charge in [0.2, 0.25) is 23.4 Å². The van der Waals surface area contributed by atoms with E-state index in [9.17, 15) is 48.3 Å². The average Bonchev–Trinajstić information content (AvgIpc) is 3.61. The molecule has 0 aliphatic carbocycles. The predicted molar refractivity (Wildman–Crippen MR) is 205 cm³/mol. The number of fused-ring (bicyclic) bond motifs is 2. The number of carbonyl (C=O) groups is 7. The molecule has 2 aromatic carbocycles. The van der Waals surface area contributed by atoms with Gasteiger partial charge in [0.1, 0.15) is 6.42 Å². The molecule has 3 aliphatic heterocycles. The van der Waals surface area contributed by atoms with Gasteiger partial charge in [0, 0.05) is 46.0 Å². The highest BCUT2D eigenvalue weighted by Crippen LogP contribution is 2.35. The minimum absolute atomic E-state index is 0.0400. The average molecular weight is 788 g/mol. The van der Waals surface area contributed by atoms with E-state index in [0.717, 1.165) is 31.8 Å². The number of rotatable bonds is 8. The van der Waals surface area contributed by atoms with Gasteiger partial charge in [-0.1, -0.05) is 39.8 Å². The molecule has 19 nitrogen and oxygen atoms in total. The van der Waals surface area contributed by atoms with Gasteiger partial charge in [-0.05, 0) is 49.9 Å². The van der Waals surface area contributed by atoms with Crippen LogP contribution < -0.4 is 17.0 Å². The number of anilines is 1. The summed E-state index contributed by atoms with van der Waals surface area (Å²) in [4.78, 5) is 111. The Bertz CT molecular complexity index is 2300. The van der Waals surface area contributed by atoms with E-state index in [0.29, 0.717) is 29.7 Å². The number of barbiturate groups is 1. The highest BCUT2D eigenvalue weighted by Gasteiger charge is 2.41. The molecule has 0 unspecified atom stereocenters. The lowest BCUT2D eigenvalue weighted by Gasteiger charge is -2.26. The van der Waals surface area contributed by atoms with Crippen LogP contribution in [0.5, 0.6) is 5.88 Å². The van der Waals surface area contributed by atoms with Crippen molar-refractivity contribution in [3.05, 3.63) is 79.5 Å². The third-order valence-electron chi connectivity index (χ3n) is 10.0. The van der Waals surface area contributed by atoms with Crippen LogP contribution in [-0.4, -0.2) is 101 Å². The van der Waals surface area contributed by atoms with Gasteiger partial charge in [0.05, 0.1) is 27.9 Å². The van der Waals surface area contributed by atoms with Gasteiger partial charge >= 0.3 is 11.7 Å². The second-order valence-electron chi connectivity index (χ2n) is 13.3. The van der Waals surface area contributed by atoms with Crippen LogP contribution in [0.15, 0.2) is 56.2 Å². The Labute approximate surface area is 327 Å². The number of aromatic hydroxyl groups is 1. The first kappa shape index (κ1) is 42.9. The van der Waals surface area contributed by atoms with Crippen LogP contribution in [0.3, 0.4) is 0 Å². The molecule has 1 fully saturated rings. The number of nitrogens with two attached hydrogens (primary N) is 1. The minimum atomic E-state index is -0.831. The number of benzene rings is 2. The molecule has 6 rings (SSSR count). The summed E-state index contributed by atoms with van der Waals surface area (Å²) in [6.45, 7) is 7.75. The molecule has 1 aromatic heterocycles. The quantitative estimate of drug-likeness (QED) is 0.145. The Morgan fingerprint density at radius 1 is 0.632 bits per heavy atom. The SMILES string of the molecule is CCC(CC)N1C(=O)c2cccc(N)c2C1=O.CCC(CC)N1C(=O)c2cccc(N=Nc3c(O)n(C)c(=O)n(C)c3=O)c2C1=O.CN1C(=O)CC(=O)N(C)C1=O. The summed E-state index contributed by atoms with van der Waals surface area (Å²) in [6.07, 6.45) is 2.57. The number of nitrogens with zero attached hydrogens (tertiary/aromatic N) is 8. The molecule has 1 saturated heterocycles. The summed E-state index contributed by atoms with van der Waals surface area (Å²) >= 11 is 0. The molecule has 0 saturated carbocycles. The first-order chi connectivity index (χ1) is 26.9. The molecule has 3 aromatic rings. The van der Waals surface area contributed by atoms with Gasteiger partial charge < -0.3 is 10.8 Å². The highest BCUT2D eigenvalue weighted by molar-refractivity contribution is 6.24. The number of nitrogen functional groups attached to an aromatic ring is 1. The number of aromatic nitrogens is 2. The Hall–Kier alpha value is -6.79. The largest absolute Gasteiger partial charge is 0.493 e. The van der Waals surface area contributed by atoms with E-state index in [4.69, 9.17) is 5.73 Å². The van der Waals surface area contributed by atoms with Crippen molar-refractivity contribution in [3.8, 4) is 5.88 Å². The van der Waals surface area contributed by atoms with E-state index in [-0.39, 0.29) is 47.1 Å². The summed E-state index contributed by atoms with van der Waals surface area (Å²) in [5.41, 5.74) is 5.39. The van der Waals surface area contributed by atoms with Gasteiger partial charge in [-0.15, -0.1) is 10.2 Å². The Morgan fingerprint density at radius 3 is 1.56 bits per heavy atom. The zero-order chi connectivity index (χ0) is 42.6. The molecule has 0 radical (unpaired) electrons. The molecule has 0 spiro atoms. The molecular weight excluding hydrogens is 742 g/mol. The number of amides is 8. The molecule has 0 atom stereocenters. The fourth-order valence-electron chi connectivity index (χ4n) is 6.48. The van der Waals surface area contributed by atoms with Gasteiger partial charge in [0.15, 0.2) is 0 Å². The zero-order valence-corrected chi connectivity index (χ0v) is 32.9. The van der Waals surface area contributed by atoms with Crippen molar-refractivity contribution in [2.24, 2.45) is 24.3 Å². The standard InChI is InChI=1S/C19H21N5O5.C13H16N2O2.C6H8N2O3/c1-5-10(6-2)24-15(25)11-8-7-9-12(13(11)16(24)26)20-21-14-17(27)22(3)19(29)23(4)18(14)28;1-3-8(4-2)15-12(16)9-6-5-7-10(14)11(9)13(15)17;1-7-4(9)3-5(10)8(2)6(7)11/h7-10,27H,5-6H2,1-4H3;5-8H,3-4,14H2,1-2H3;3H2,1-2H3. The lowest BCUT2D eigenvalue weighted by atomic mass is 10.1. The topological polar surface area (TPSA) is 247 Å². The molecule has 0 bridgehead atoms. The van der Waals surface area contributed by atoms with E-state index in [1.54, 1.807) is 30.3 Å². The first-order valence-electron chi connectivity index (χ1n) is 18.1. The summed E-state index contributed by atoms with van der Waals surface area (Å²) < 4.78 is 1.64. The molecule has 3 N–H and O–H groups in total. The second-order valence-corrected chi connectivity index (χ2v) is 13.3. The first-order valence-corrected chi connectivity index (χ1v) is 18.1. The maximum Gasteiger partial charge on any atom is 0.333 e. The van der Waals surface area contributed by atoms with Crippen LogP contribution in [0.25, 0.3) is 0 Å². The maximum absolute atomic E-state index is 12.9. The number of hydrogen-bond donors (Lipinski definition) is 2. The van der Waals surface area contributed by atoms with Gasteiger partial charge in [-0.2, -0.15) is 0 Å².